The fourth-order valence-corrected chi connectivity index (χ4v) is 3.02. The van der Waals surface area contributed by atoms with Crippen LogP contribution in [0, 0.1) is 0 Å². The molecule has 0 bridgehead atoms. The summed E-state index contributed by atoms with van der Waals surface area (Å²) in [6.45, 7) is 16.2. The SMILES string of the molecule is CC(C)=CCC/C(C)=C/COc1c(OC(C)C)c2c(OC(C)(C)C)cccc2oc1=O. The summed E-state index contributed by atoms with van der Waals surface area (Å²) in [5.74, 6) is 1.01. The zero-order chi connectivity index (χ0) is 23.2. The summed E-state index contributed by atoms with van der Waals surface area (Å²) in [5.41, 5.74) is 1.92. The molecular weight excluding hydrogens is 392 g/mol. The van der Waals surface area contributed by atoms with Gasteiger partial charge in [-0.2, -0.15) is 0 Å². The number of ether oxygens (including phenoxy) is 3. The molecule has 31 heavy (non-hydrogen) atoms. The van der Waals surface area contributed by atoms with Gasteiger partial charge in [-0.3, -0.25) is 0 Å². The summed E-state index contributed by atoms with van der Waals surface area (Å²) >= 11 is 0. The molecule has 2 aromatic rings. The highest BCUT2D eigenvalue weighted by Crippen LogP contribution is 2.40. The molecule has 170 valence electrons. The van der Waals surface area contributed by atoms with E-state index in [0.29, 0.717) is 22.5 Å². The lowest BCUT2D eigenvalue weighted by Gasteiger charge is -2.23. The number of hydrogen-bond donors (Lipinski definition) is 0. The van der Waals surface area contributed by atoms with E-state index in [1.165, 1.54) is 11.1 Å². The van der Waals surface area contributed by atoms with Crippen molar-refractivity contribution >= 4 is 11.0 Å². The van der Waals surface area contributed by atoms with Gasteiger partial charge < -0.3 is 18.6 Å². The van der Waals surface area contributed by atoms with Gasteiger partial charge in [0.05, 0.1) is 6.10 Å². The van der Waals surface area contributed by atoms with Crippen molar-refractivity contribution < 1.29 is 18.6 Å². The molecule has 0 fully saturated rings. The van der Waals surface area contributed by atoms with Crippen LogP contribution in [0.2, 0.25) is 0 Å². The molecular formula is C26H36O5. The largest absolute Gasteiger partial charge is 0.487 e. The number of fused-ring (bicyclic) bond motifs is 1. The van der Waals surface area contributed by atoms with Crippen LogP contribution in [-0.4, -0.2) is 18.3 Å². The zero-order valence-corrected chi connectivity index (χ0v) is 20.1. The van der Waals surface area contributed by atoms with Crippen LogP contribution in [-0.2, 0) is 0 Å². The standard InChI is InChI=1S/C26H36O5/c1-17(2)11-9-12-19(5)15-16-28-24-23(29-18(3)4)22-20(30-25(24)27)13-10-14-21(22)31-26(6,7)8/h10-11,13-15,18H,9,12,16H2,1-8H3/b19-15+. The minimum Gasteiger partial charge on any atom is -0.487 e. The van der Waals surface area contributed by atoms with Gasteiger partial charge in [-0.05, 0) is 86.4 Å². The van der Waals surface area contributed by atoms with E-state index in [1.807, 2.05) is 46.8 Å². The molecule has 0 aliphatic rings. The highest BCUT2D eigenvalue weighted by molar-refractivity contribution is 5.91. The van der Waals surface area contributed by atoms with Crippen molar-refractivity contribution in [2.75, 3.05) is 6.61 Å². The van der Waals surface area contributed by atoms with Crippen LogP contribution in [0.1, 0.15) is 68.2 Å². The summed E-state index contributed by atoms with van der Waals surface area (Å²) in [6.07, 6.45) is 5.97. The average molecular weight is 429 g/mol. The molecule has 0 aliphatic carbocycles. The van der Waals surface area contributed by atoms with Crippen LogP contribution >= 0.6 is 0 Å². The molecule has 0 saturated carbocycles. The topological polar surface area (TPSA) is 57.9 Å². The van der Waals surface area contributed by atoms with E-state index in [9.17, 15) is 4.79 Å². The Hall–Kier alpha value is -2.69. The first-order chi connectivity index (χ1) is 14.5. The molecule has 0 unspecified atom stereocenters. The van der Waals surface area contributed by atoms with Gasteiger partial charge in [0.2, 0.25) is 5.75 Å². The molecule has 0 N–H and O–H groups in total. The molecule has 0 saturated heterocycles. The molecule has 0 amide bonds. The molecule has 2 rings (SSSR count). The lowest BCUT2D eigenvalue weighted by atomic mass is 10.1. The minimum absolute atomic E-state index is 0.0690. The molecule has 0 aliphatic heterocycles. The first-order valence-electron chi connectivity index (χ1n) is 10.8. The molecule has 5 heteroatoms. The summed E-state index contributed by atoms with van der Waals surface area (Å²) in [5, 5.41) is 0.602. The summed E-state index contributed by atoms with van der Waals surface area (Å²) in [4.78, 5) is 12.7. The van der Waals surface area contributed by atoms with E-state index >= 15 is 0 Å². The Kier molecular flexibility index (Phi) is 8.37. The first kappa shape index (κ1) is 24.6. The van der Waals surface area contributed by atoms with E-state index < -0.39 is 11.2 Å². The van der Waals surface area contributed by atoms with Crippen molar-refractivity contribution in [2.45, 2.75) is 79.9 Å². The van der Waals surface area contributed by atoms with Gasteiger partial charge in [0, 0.05) is 0 Å². The second kappa shape index (κ2) is 10.6. The van der Waals surface area contributed by atoms with Crippen LogP contribution in [0.5, 0.6) is 17.2 Å². The van der Waals surface area contributed by atoms with Crippen molar-refractivity contribution in [1.29, 1.82) is 0 Å². The Morgan fingerprint density at radius 2 is 1.81 bits per heavy atom. The monoisotopic (exact) mass is 428 g/mol. The van der Waals surface area contributed by atoms with Gasteiger partial charge in [-0.1, -0.05) is 23.3 Å². The van der Waals surface area contributed by atoms with Crippen molar-refractivity contribution in [3.8, 4) is 17.2 Å². The number of benzene rings is 1. The fourth-order valence-electron chi connectivity index (χ4n) is 3.02. The van der Waals surface area contributed by atoms with Gasteiger partial charge in [-0.15, -0.1) is 0 Å². The molecule has 5 nitrogen and oxygen atoms in total. The van der Waals surface area contributed by atoms with Crippen molar-refractivity contribution in [1.82, 2.24) is 0 Å². The molecule has 0 atom stereocenters. The molecule has 0 spiro atoms. The first-order valence-corrected chi connectivity index (χ1v) is 10.8. The minimum atomic E-state index is -0.563. The predicted molar refractivity (Wildman–Crippen MR) is 127 cm³/mol. The van der Waals surface area contributed by atoms with Crippen molar-refractivity contribution in [3.05, 3.63) is 51.9 Å². The van der Waals surface area contributed by atoms with E-state index in [1.54, 1.807) is 12.1 Å². The Bertz CT molecular complexity index is 999. The second-order valence-corrected chi connectivity index (χ2v) is 9.24. The summed E-state index contributed by atoms with van der Waals surface area (Å²) < 4.78 is 23.6. The maximum atomic E-state index is 12.7. The third-order valence-electron chi connectivity index (χ3n) is 4.33. The maximum absolute atomic E-state index is 12.7. The lowest BCUT2D eigenvalue weighted by molar-refractivity contribution is 0.132. The van der Waals surface area contributed by atoms with Gasteiger partial charge in [0.1, 0.15) is 28.9 Å². The normalized spacial score (nSPS) is 12.2. The van der Waals surface area contributed by atoms with Crippen LogP contribution in [0.15, 0.2) is 50.7 Å². The Labute approximate surface area is 185 Å². The van der Waals surface area contributed by atoms with E-state index in [2.05, 4.69) is 26.8 Å². The third kappa shape index (κ3) is 7.50. The van der Waals surface area contributed by atoms with Crippen molar-refractivity contribution in [2.24, 2.45) is 0 Å². The van der Waals surface area contributed by atoms with Crippen molar-refractivity contribution in [3.63, 3.8) is 0 Å². The summed E-state index contributed by atoms with van der Waals surface area (Å²) in [7, 11) is 0. The number of rotatable bonds is 9. The number of hydrogen-bond acceptors (Lipinski definition) is 5. The zero-order valence-electron chi connectivity index (χ0n) is 20.1. The highest BCUT2D eigenvalue weighted by atomic mass is 16.5. The average Bonchev–Trinajstić information content (AvgIpc) is 2.61. The Balaban J connectivity index is 2.43. The third-order valence-corrected chi connectivity index (χ3v) is 4.33. The number of allylic oxidation sites excluding steroid dienone is 3. The maximum Gasteiger partial charge on any atom is 0.383 e. The molecule has 0 radical (unpaired) electrons. The van der Waals surface area contributed by atoms with Gasteiger partial charge in [-0.25, -0.2) is 4.79 Å². The smallest absolute Gasteiger partial charge is 0.383 e. The molecule has 1 aromatic heterocycles. The van der Waals surface area contributed by atoms with Crippen LogP contribution in [0.4, 0.5) is 0 Å². The van der Waals surface area contributed by atoms with E-state index in [4.69, 9.17) is 18.6 Å². The second-order valence-electron chi connectivity index (χ2n) is 9.24. The van der Waals surface area contributed by atoms with Crippen LogP contribution in [0.3, 0.4) is 0 Å². The molecule has 1 heterocycles. The Morgan fingerprint density at radius 1 is 1.10 bits per heavy atom. The van der Waals surface area contributed by atoms with E-state index in [0.717, 1.165) is 12.8 Å². The van der Waals surface area contributed by atoms with Gasteiger partial charge in [0.15, 0.2) is 5.75 Å². The molecule has 1 aromatic carbocycles. The van der Waals surface area contributed by atoms with Crippen LogP contribution < -0.4 is 19.8 Å². The van der Waals surface area contributed by atoms with Gasteiger partial charge in [0.25, 0.3) is 0 Å². The highest BCUT2D eigenvalue weighted by Gasteiger charge is 2.24. The fraction of sp³-hybridized carbons (Fsp3) is 0.500. The van der Waals surface area contributed by atoms with Gasteiger partial charge >= 0.3 is 5.63 Å². The summed E-state index contributed by atoms with van der Waals surface area (Å²) in [6, 6.07) is 5.37. The quantitative estimate of drug-likeness (QED) is 0.324. The van der Waals surface area contributed by atoms with Crippen LogP contribution in [0.25, 0.3) is 11.0 Å². The Morgan fingerprint density at radius 3 is 2.42 bits per heavy atom. The van der Waals surface area contributed by atoms with E-state index in [-0.39, 0.29) is 18.5 Å². The lowest BCUT2D eigenvalue weighted by Crippen LogP contribution is -2.23. The predicted octanol–water partition coefficient (Wildman–Crippen LogP) is 6.83.